The Balaban J connectivity index is 1.56. The van der Waals surface area contributed by atoms with E-state index in [1.165, 1.54) is 6.42 Å². The average molecular weight is 409 g/mol. The summed E-state index contributed by atoms with van der Waals surface area (Å²) in [6, 6.07) is 14.0. The number of nitrogens with zero attached hydrogens (tertiary/aromatic N) is 1. The summed E-state index contributed by atoms with van der Waals surface area (Å²) in [5.41, 5.74) is 2.38. The molecular weight excluding hydrogens is 380 g/mol. The molecule has 3 rings (SSSR count). The van der Waals surface area contributed by atoms with Crippen LogP contribution in [0.1, 0.15) is 46.9 Å². The van der Waals surface area contributed by atoms with Gasteiger partial charge in [0.15, 0.2) is 0 Å². The zero-order valence-corrected chi connectivity index (χ0v) is 17.2. The van der Waals surface area contributed by atoms with E-state index < -0.39 is 0 Å². The summed E-state index contributed by atoms with van der Waals surface area (Å²) in [5, 5.41) is 8.59. The third kappa shape index (κ3) is 5.83. The molecule has 2 aromatic rings. The lowest BCUT2D eigenvalue weighted by molar-refractivity contribution is -0.114. The van der Waals surface area contributed by atoms with E-state index in [1.807, 2.05) is 11.8 Å². The van der Waals surface area contributed by atoms with Crippen molar-refractivity contribution in [2.24, 2.45) is 0 Å². The molecule has 2 aromatic carbocycles. The Bertz CT molecular complexity index is 907. The summed E-state index contributed by atoms with van der Waals surface area (Å²) in [5.74, 6) is -0.382. The van der Waals surface area contributed by atoms with Gasteiger partial charge in [0.05, 0.1) is 6.54 Å². The predicted molar refractivity (Wildman–Crippen MR) is 118 cm³/mol. The van der Waals surface area contributed by atoms with Crippen molar-refractivity contribution < 1.29 is 14.4 Å². The van der Waals surface area contributed by atoms with Gasteiger partial charge in [0, 0.05) is 42.1 Å². The Labute approximate surface area is 176 Å². The van der Waals surface area contributed by atoms with Crippen molar-refractivity contribution in [3.63, 3.8) is 0 Å². The minimum atomic E-state index is -0.235. The van der Waals surface area contributed by atoms with Gasteiger partial charge in [-0.2, -0.15) is 0 Å². The molecular formula is C23H28N4O3. The Kier molecular flexibility index (Phi) is 7.43. The van der Waals surface area contributed by atoms with Crippen LogP contribution in [0.15, 0.2) is 48.5 Å². The number of nitrogens with one attached hydrogen (secondary N) is 3. The number of carbonyl (C=O) groups is 3. The fourth-order valence-corrected chi connectivity index (χ4v) is 3.43. The smallest absolute Gasteiger partial charge is 0.253 e. The second-order valence-corrected chi connectivity index (χ2v) is 7.28. The van der Waals surface area contributed by atoms with Gasteiger partial charge >= 0.3 is 0 Å². The Morgan fingerprint density at radius 1 is 0.900 bits per heavy atom. The first kappa shape index (κ1) is 21.4. The van der Waals surface area contributed by atoms with Crippen molar-refractivity contribution in [3.05, 3.63) is 59.7 Å². The SMILES string of the molecule is CCNC(=O)c1cccc(NCC(=O)Nc2cccc(C(=O)N3CCCCC3)c2)c1. The van der Waals surface area contributed by atoms with Crippen molar-refractivity contribution in [3.8, 4) is 0 Å². The van der Waals surface area contributed by atoms with E-state index in [9.17, 15) is 14.4 Å². The Morgan fingerprint density at radius 2 is 1.57 bits per heavy atom. The zero-order valence-electron chi connectivity index (χ0n) is 17.2. The predicted octanol–water partition coefficient (Wildman–Crippen LogP) is 3.11. The second-order valence-electron chi connectivity index (χ2n) is 7.28. The van der Waals surface area contributed by atoms with Gasteiger partial charge in [0.2, 0.25) is 5.91 Å². The van der Waals surface area contributed by atoms with Crippen molar-refractivity contribution in [2.45, 2.75) is 26.2 Å². The molecule has 1 aliphatic rings. The molecule has 158 valence electrons. The Morgan fingerprint density at radius 3 is 2.30 bits per heavy atom. The lowest BCUT2D eigenvalue weighted by Crippen LogP contribution is -2.35. The van der Waals surface area contributed by atoms with Gasteiger partial charge in [-0.3, -0.25) is 14.4 Å². The topological polar surface area (TPSA) is 90.5 Å². The number of piperidine rings is 1. The normalized spacial score (nSPS) is 13.4. The van der Waals surface area contributed by atoms with Crippen molar-refractivity contribution in [1.82, 2.24) is 10.2 Å². The molecule has 0 atom stereocenters. The van der Waals surface area contributed by atoms with Crippen LogP contribution in [0.25, 0.3) is 0 Å². The standard InChI is InChI=1S/C23H28N4O3/c1-2-24-22(29)17-8-6-10-19(14-17)25-16-21(28)26-20-11-7-9-18(15-20)23(30)27-12-4-3-5-13-27/h6-11,14-15,25H,2-5,12-13,16H2,1H3,(H,24,29)(H,26,28). The first-order valence-corrected chi connectivity index (χ1v) is 10.4. The van der Waals surface area contributed by atoms with Crippen LogP contribution in [-0.4, -0.2) is 48.8 Å². The fourth-order valence-electron chi connectivity index (χ4n) is 3.43. The number of hydrogen-bond acceptors (Lipinski definition) is 4. The molecule has 7 nitrogen and oxygen atoms in total. The van der Waals surface area contributed by atoms with E-state index in [1.54, 1.807) is 48.5 Å². The van der Waals surface area contributed by atoms with Gasteiger partial charge in [0.1, 0.15) is 0 Å². The van der Waals surface area contributed by atoms with E-state index in [4.69, 9.17) is 0 Å². The Hall–Kier alpha value is -3.35. The largest absolute Gasteiger partial charge is 0.376 e. The summed E-state index contributed by atoms with van der Waals surface area (Å²) in [4.78, 5) is 38.8. The number of amides is 3. The summed E-state index contributed by atoms with van der Waals surface area (Å²) in [7, 11) is 0. The van der Waals surface area contributed by atoms with Crippen LogP contribution in [-0.2, 0) is 4.79 Å². The van der Waals surface area contributed by atoms with Gasteiger partial charge in [-0.25, -0.2) is 0 Å². The lowest BCUT2D eigenvalue weighted by atomic mass is 10.1. The maximum absolute atomic E-state index is 12.7. The first-order valence-electron chi connectivity index (χ1n) is 10.4. The minimum Gasteiger partial charge on any atom is -0.376 e. The molecule has 0 aromatic heterocycles. The van der Waals surface area contributed by atoms with E-state index >= 15 is 0 Å². The molecule has 3 amide bonds. The van der Waals surface area contributed by atoms with Crippen LogP contribution >= 0.6 is 0 Å². The molecule has 0 radical (unpaired) electrons. The third-order valence-corrected chi connectivity index (χ3v) is 4.95. The molecule has 7 heteroatoms. The van der Waals surface area contributed by atoms with Gasteiger partial charge in [0.25, 0.3) is 11.8 Å². The zero-order chi connectivity index (χ0) is 21.3. The lowest BCUT2D eigenvalue weighted by Gasteiger charge is -2.26. The molecule has 1 saturated heterocycles. The molecule has 0 bridgehead atoms. The van der Waals surface area contributed by atoms with Gasteiger partial charge in [-0.05, 0) is 62.6 Å². The highest BCUT2D eigenvalue weighted by atomic mass is 16.2. The van der Waals surface area contributed by atoms with Crippen LogP contribution in [0.3, 0.4) is 0 Å². The number of hydrogen-bond donors (Lipinski definition) is 3. The summed E-state index contributed by atoms with van der Waals surface area (Å²) >= 11 is 0. The summed E-state index contributed by atoms with van der Waals surface area (Å²) in [6.07, 6.45) is 3.24. The maximum atomic E-state index is 12.7. The van der Waals surface area contributed by atoms with Gasteiger partial charge in [-0.15, -0.1) is 0 Å². The van der Waals surface area contributed by atoms with Crippen LogP contribution in [0.5, 0.6) is 0 Å². The highest BCUT2D eigenvalue weighted by Crippen LogP contribution is 2.17. The fraction of sp³-hybridized carbons (Fsp3) is 0.348. The second kappa shape index (κ2) is 10.4. The number of benzene rings is 2. The van der Waals surface area contributed by atoms with Gasteiger partial charge < -0.3 is 20.9 Å². The molecule has 1 aliphatic heterocycles. The highest BCUT2D eigenvalue weighted by Gasteiger charge is 2.18. The minimum absolute atomic E-state index is 0.00564. The van der Waals surface area contributed by atoms with E-state index in [0.717, 1.165) is 25.9 Å². The number of rotatable bonds is 7. The van der Waals surface area contributed by atoms with Crippen molar-refractivity contribution in [1.29, 1.82) is 0 Å². The third-order valence-electron chi connectivity index (χ3n) is 4.95. The molecule has 0 unspecified atom stereocenters. The van der Waals surface area contributed by atoms with E-state index in [-0.39, 0.29) is 24.3 Å². The molecule has 1 heterocycles. The maximum Gasteiger partial charge on any atom is 0.253 e. The van der Waals surface area contributed by atoms with Crippen LogP contribution in [0.4, 0.5) is 11.4 Å². The van der Waals surface area contributed by atoms with Crippen LogP contribution in [0.2, 0.25) is 0 Å². The highest BCUT2D eigenvalue weighted by molar-refractivity contribution is 5.98. The molecule has 0 spiro atoms. The molecule has 3 N–H and O–H groups in total. The molecule has 1 fully saturated rings. The van der Waals surface area contributed by atoms with Crippen molar-refractivity contribution >= 4 is 29.1 Å². The quantitative estimate of drug-likeness (QED) is 0.657. The van der Waals surface area contributed by atoms with E-state index in [2.05, 4.69) is 16.0 Å². The van der Waals surface area contributed by atoms with E-state index in [0.29, 0.717) is 29.0 Å². The molecule has 0 aliphatic carbocycles. The molecule has 0 saturated carbocycles. The van der Waals surface area contributed by atoms with Crippen LogP contribution < -0.4 is 16.0 Å². The summed E-state index contributed by atoms with van der Waals surface area (Å²) < 4.78 is 0. The monoisotopic (exact) mass is 408 g/mol. The van der Waals surface area contributed by atoms with Gasteiger partial charge in [-0.1, -0.05) is 12.1 Å². The number of carbonyl (C=O) groups excluding carboxylic acids is 3. The number of anilines is 2. The van der Waals surface area contributed by atoms with Crippen LogP contribution in [0, 0.1) is 0 Å². The summed E-state index contributed by atoms with van der Waals surface area (Å²) in [6.45, 7) is 4.03. The number of likely N-dealkylation sites (tertiary alicyclic amines) is 1. The average Bonchev–Trinajstić information content (AvgIpc) is 2.78. The first-order chi connectivity index (χ1) is 14.6. The molecule has 30 heavy (non-hydrogen) atoms. The van der Waals surface area contributed by atoms with Crippen molar-refractivity contribution in [2.75, 3.05) is 36.8 Å².